The van der Waals surface area contributed by atoms with E-state index in [9.17, 15) is 9.00 Å². The van der Waals surface area contributed by atoms with Crippen molar-refractivity contribution < 1.29 is 9.00 Å². The zero-order valence-corrected chi connectivity index (χ0v) is 17.2. The van der Waals surface area contributed by atoms with E-state index in [2.05, 4.69) is 23.8 Å². The van der Waals surface area contributed by atoms with Gasteiger partial charge in [-0.25, -0.2) is 8.51 Å². The van der Waals surface area contributed by atoms with Crippen LogP contribution >= 0.6 is 12.2 Å². The van der Waals surface area contributed by atoms with Crippen molar-refractivity contribution >= 4 is 39.9 Å². The highest BCUT2D eigenvalue weighted by molar-refractivity contribution is 7.82. The molecule has 0 radical (unpaired) electrons. The lowest BCUT2D eigenvalue weighted by molar-refractivity contribution is -0.115. The zero-order chi connectivity index (χ0) is 20.2. The second-order valence-corrected chi connectivity index (χ2v) is 7.40. The second kappa shape index (κ2) is 12.1. The standard InChI is InChI=1S/C20H25N3O2S2/c1-5-14-23(15-6-2)27(25)18-11-9-17(10-12-18)21-20(26)22-19(24)13-8-16(4)7-3/h5-13H,1-2,14-15H2,3-4H3,(H2,21,22,24,26)/b13-8+,16-7+. The van der Waals surface area contributed by atoms with Crippen LogP contribution in [0.2, 0.25) is 0 Å². The van der Waals surface area contributed by atoms with Gasteiger partial charge in [0.1, 0.15) is 11.0 Å². The summed E-state index contributed by atoms with van der Waals surface area (Å²) >= 11 is 5.13. The lowest BCUT2D eigenvalue weighted by Crippen LogP contribution is -2.32. The molecule has 0 fully saturated rings. The molecule has 1 amide bonds. The molecule has 1 unspecified atom stereocenters. The molecule has 0 saturated carbocycles. The van der Waals surface area contributed by atoms with Crippen molar-refractivity contribution in [3.05, 3.63) is 73.4 Å². The third-order valence-electron chi connectivity index (χ3n) is 3.40. The third kappa shape index (κ3) is 8.25. The van der Waals surface area contributed by atoms with Gasteiger partial charge in [0.2, 0.25) is 5.91 Å². The molecule has 1 rings (SSSR count). The molecular formula is C20H25N3O2S2. The number of nitrogens with one attached hydrogen (secondary N) is 2. The number of amides is 1. The van der Waals surface area contributed by atoms with Crippen molar-refractivity contribution in [1.29, 1.82) is 0 Å². The van der Waals surface area contributed by atoms with Crippen LogP contribution in [0.15, 0.2) is 78.3 Å². The molecular weight excluding hydrogens is 378 g/mol. The number of thiocarbonyl (C=S) groups is 1. The molecule has 0 aliphatic carbocycles. The molecule has 2 N–H and O–H groups in total. The summed E-state index contributed by atoms with van der Waals surface area (Å²) in [6, 6.07) is 7.01. The molecule has 0 aliphatic heterocycles. The van der Waals surface area contributed by atoms with Crippen molar-refractivity contribution in [2.24, 2.45) is 0 Å². The van der Waals surface area contributed by atoms with E-state index in [0.717, 1.165) is 5.57 Å². The monoisotopic (exact) mass is 403 g/mol. The van der Waals surface area contributed by atoms with Crippen LogP contribution in [-0.2, 0) is 15.8 Å². The minimum absolute atomic E-state index is 0.191. The number of hydrogen-bond acceptors (Lipinski definition) is 3. The largest absolute Gasteiger partial charge is 0.332 e. The highest BCUT2D eigenvalue weighted by Gasteiger charge is 2.12. The molecule has 144 valence electrons. The number of benzene rings is 1. The molecule has 7 heteroatoms. The minimum Gasteiger partial charge on any atom is -0.332 e. The van der Waals surface area contributed by atoms with Crippen molar-refractivity contribution in [1.82, 2.24) is 9.62 Å². The van der Waals surface area contributed by atoms with Crippen LogP contribution in [-0.4, -0.2) is 32.6 Å². The molecule has 5 nitrogen and oxygen atoms in total. The maximum absolute atomic E-state index is 12.6. The van der Waals surface area contributed by atoms with Gasteiger partial charge in [0, 0.05) is 24.9 Å². The van der Waals surface area contributed by atoms with Crippen LogP contribution in [0, 0.1) is 0 Å². The van der Waals surface area contributed by atoms with E-state index in [-0.39, 0.29) is 11.0 Å². The number of carbonyl (C=O) groups is 1. The fraction of sp³-hybridized carbons (Fsp3) is 0.200. The van der Waals surface area contributed by atoms with E-state index >= 15 is 0 Å². The Hall–Kier alpha value is -2.35. The smallest absolute Gasteiger partial charge is 0.250 e. The van der Waals surface area contributed by atoms with Gasteiger partial charge in [-0.3, -0.25) is 10.1 Å². The van der Waals surface area contributed by atoms with Gasteiger partial charge in [0.15, 0.2) is 5.11 Å². The lowest BCUT2D eigenvalue weighted by Gasteiger charge is -2.17. The van der Waals surface area contributed by atoms with Crippen LogP contribution in [0.5, 0.6) is 0 Å². The van der Waals surface area contributed by atoms with Crippen molar-refractivity contribution in [2.45, 2.75) is 18.7 Å². The molecule has 27 heavy (non-hydrogen) atoms. The van der Waals surface area contributed by atoms with Gasteiger partial charge in [0.25, 0.3) is 0 Å². The Balaban J connectivity index is 2.68. The number of anilines is 1. The van der Waals surface area contributed by atoms with Gasteiger partial charge in [-0.1, -0.05) is 29.9 Å². The molecule has 0 saturated heterocycles. The number of nitrogens with zero attached hydrogens (tertiary/aromatic N) is 1. The maximum Gasteiger partial charge on any atom is 0.250 e. The van der Waals surface area contributed by atoms with Gasteiger partial charge >= 0.3 is 0 Å². The quantitative estimate of drug-likeness (QED) is 0.286. The first-order valence-electron chi connectivity index (χ1n) is 8.33. The molecule has 0 aliphatic rings. The van der Waals surface area contributed by atoms with E-state index in [4.69, 9.17) is 12.2 Å². The van der Waals surface area contributed by atoms with E-state index < -0.39 is 11.0 Å². The van der Waals surface area contributed by atoms with Gasteiger partial charge in [-0.15, -0.1) is 13.2 Å². The minimum atomic E-state index is -1.31. The van der Waals surface area contributed by atoms with Crippen molar-refractivity contribution in [2.75, 3.05) is 18.4 Å². The van der Waals surface area contributed by atoms with Gasteiger partial charge in [-0.2, -0.15) is 0 Å². The van der Waals surface area contributed by atoms with Gasteiger partial charge in [0.05, 0.1) is 4.90 Å². The number of allylic oxidation sites excluding steroid dienone is 3. The summed E-state index contributed by atoms with van der Waals surface area (Å²) in [5.74, 6) is -0.309. The Labute approximate surface area is 169 Å². The maximum atomic E-state index is 12.6. The highest BCUT2D eigenvalue weighted by Crippen LogP contribution is 2.15. The summed E-state index contributed by atoms with van der Waals surface area (Å²) in [4.78, 5) is 12.4. The van der Waals surface area contributed by atoms with Crippen LogP contribution < -0.4 is 10.6 Å². The topological polar surface area (TPSA) is 61.4 Å². The first kappa shape index (κ1) is 22.7. The van der Waals surface area contributed by atoms with Crippen LogP contribution in [0.25, 0.3) is 0 Å². The number of hydrogen-bond donors (Lipinski definition) is 2. The van der Waals surface area contributed by atoms with E-state index in [0.29, 0.717) is 23.7 Å². The van der Waals surface area contributed by atoms with Crippen molar-refractivity contribution in [3.63, 3.8) is 0 Å². The van der Waals surface area contributed by atoms with E-state index in [1.807, 2.05) is 19.9 Å². The second-order valence-electron chi connectivity index (χ2n) is 5.51. The van der Waals surface area contributed by atoms with Crippen LogP contribution in [0.3, 0.4) is 0 Å². The summed E-state index contributed by atoms with van der Waals surface area (Å²) in [7, 11) is -1.31. The first-order chi connectivity index (χ1) is 12.9. The molecule has 1 aromatic rings. The van der Waals surface area contributed by atoms with Crippen molar-refractivity contribution in [3.8, 4) is 0 Å². The molecule has 0 heterocycles. The molecule has 0 bridgehead atoms. The highest BCUT2D eigenvalue weighted by atomic mass is 32.2. The average Bonchev–Trinajstić information content (AvgIpc) is 2.65. The SMILES string of the molecule is C=CCN(CC=C)S(=O)c1ccc(NC(=S)NC(=O)/C=C/C(C)=C/C)cc1. The number of rotatable bonds is 9. The Morgan fingerprint density at radius 1 is 1.19 bits per heavy atom. The first-order valence-corrected chi connectivity index (χ1v) is 9.84. The summed E-state index contributed by atoms with van der Waals surface area (Å²) in [5, 5.41) is 5.69. The van der Waals surface area contributed by atoms with E-state index in [1.165, 1.54) is 6.08 Å². The predicted octanol–water partition coefficient (Wildman–Crippen LogP) is 3.72. The third-order valence-corrected chi connectivity index (χ3v) is 5.05. The zero-order valence-electron chi connectivity index (χ0n) is 15.6. The summed E-state index contributed by atoms with van der Waals surface area (Å²) in [6.45, 7) is 12.1. The fourth-order valence-electron chi connectivity index (χ4n) is 1.92. The Bertz CT molecular complexity index is 758. The van der Waals surface area contributed by atoms with E-state index in [1.54, 1.807) is 46.8 Å². The Morgan fingerprint density at radius 2 is 1.78 bits per heavy atom. The summed E-state index contributed by atoms with van der Waals surface area (Å²) in [5.41, 5.74) is 1.67. The van der Waals surface area contributed by atoms with Crippen LogP contribution in [0.1, 0.15) is 13.8 Å². The number of carbonyl (C=O) groups excluding carboxylic acids is 1. The van der Waals surface area contributed by atoms with Crippen LogP contribution in [0.4, 0.5) is 5.69 Å². The molecule has 1 aromatic carbocycles. The van der Waals surface area contributed by atoms with Gasteiger partial charge < -0.3 is 5.32 Å². The Kier molecular flexibility index (Phi) is 10.2. The Morgan fingerprint density at radius 3 is 2.30 bits per heavy atom. The summed E-state index contributed by atoms with van der Waals surface area (Å²) < 4.78 is 14.3. The fourth-order valence-corrected chi connectivity index (χ4v) is 3.29. The molecule has 1 atom stereocenters. The molecule has 0 aromatic heterocycles. The lowest BCUT2D eigenvalue weighted by atomic mass is 10.2. The normalized spacial score (nSPS) is 12.6. The predicted molar refractivity (Wildman–Crippen MR) is 118 cm³/mol. The average molecular weight is 404 g/mol. The van der Waals surface area contributed by atoms with Gasteiger partial charge in [-0.05, 0) is 50.3 Å². The summed E-state index contributed by atoms with van der Waals surface area (Å²) in [6.07, 6.45) is 8.43. The molecule has 0 spiro atoms.